The fourth-order valence-electron chi connectivity index (χ4n) is 0.843. The first kappa shape index (κ1) is 10.4. The number of nitrogens with two attached hydrogens (primary N) is 1. The van der Waals surface area contributed by atoms with E-state index in [4.69, 9.17) is 5.84 Å². The summed E-state index contributed by atoms with van der Waals surface area (Å²) in [4.78, 5) is 11.0. The van der Waals surface area contributed by atoms with Gasteiger partial charge in [0.05, 0.1) is 5.69 Å². The second kappa shape index (κ2) is 4.49. The fraction of sp³-hybridized carbons (Fsp3) is 0. The second-order valence-electron chi connectivity index (χ2n) is 2.33. The van der Waals surface area contributed by atoms with Gasteiger partial charge in [0.15, 0.2) is 0 Å². The van der Waals surface area contributed by atoms with Crippen molar-refractivity contribution < 1.29 is 13.2 Å². The first-order chi connectivity index (χ1) is 6.63. The van der Waals surface area contributed by atoms with Gasteiger partial charge in [-0.05, 0) is 24.3 Å². The largest absolute Gasteiger partial charge is 0.316 e. The zero-order valence-corrected chi connectivity index (χ0v) is 7.78. The first-order valence-corrected chi connectivity index (χ1v) is 4.59. The molecule has 0 aliphatic carbocycles. The number of nitrogens with zero attached hydrogens (tertiary/aromatic N) is 1. The highest BCUT2D eigenvalue weighted by atomic mass is 32.2. The molecule has 0 bridgehead atoms. The molecule has 0 unspecified atom stereocenters. The highest BCUT2D eigenvalue weighted by Gasteiger charge is 2.01. The van der Waals surface area contributed by atoms with Crippen molar-refractivity contribution >= 4 is 22.1 Å². The summed E-state index contributed by atoms with van der Waals surface area (Å²) in [6, 6.07) is 5.66. The third-order valence-corrected chi connectivity index (χ3v) is 1.80. The molecule has 0 saturated carbocycles. The van der Waals surface area contributed by atoms with E-state index in [0.29, 0.717) is 5.56 Å². The standard InChI is InChI=1S/C7H7N3O3S/c8-9-7(11)5-1-3-6(4-2-5)10-14(12)13/h1-4H,8H2,(H,9,11). The van der Waals surface area contributed by atoms with Crippen LogP contribution in [0.2, 0.25) is 0 Å². The van der Waals surface area contributed by atoms with Gasteiger partial charge >= 0.3 is 10.5 Å². The quantitative estimate of drug-likeness (QED) is 0.409. The molecule has 6 nitrogen and oxygen atoms in total. The Labute approximate surface area is 81.4 Å². The molecule has 0 aromatic heterocycles. The van der Waals surface area contributed by atoms with Gasteiger partial charge in [0.1, 0.15) is 0 Å². The minimum Gasteiger partial charge on any atom is -0.290 e. The summed E-state index contributed by atoms with van der Waals surface area (Å²) < 4.78 is 23.6. The molecule has 0 fully saturated rings. The van der Waals surface area contributed by atoms with Gasteiger partial charge in [0, 0.05) is 5.56 Å². The molecule has 14 heavy (non-hydrogen) atoms. The summed E-state index contributed by atoms with van der Waals surface area (Å²) >= 11 is 0. The Hall–Kier alpha value is -1.73. The number of nitrogen functional groups attached to an aromatic ring is 1. The molecule has 0 saturated heterocycles. The Kier molecular flexibility index (Phi) is 3.32. The number of rotatable bonds is 2. The van der Waals surface area contributed by atoms with Crippen LogP contribution in [-0.2, 0) is 10.5 Å². The van der Waals surface area contributed by atoms with Crippen LogP contribution < -0.4 is 11.3 Å². The number of benzene rings is 1. The summed E-state index contributed by atoms with van der Waals surface area (Å²) in [6.45, 7) is 0. The Morgan fingerprint density at radius 3 is 2.29 bits per heavy atom. The summed E-state index contributed by atoms with van der Waals surface area (Å²) in [7, 11) is -2.49. The van der Waals surface area contributed by atoms with Gasteiger partial charge < -0.3 is 0 Å². The highest BCUT2D eigenvalue weighted by molar-refractivity contribution is 7.61. The van der Waals surface area contributed by atoms with Crippen LogP contribution in [-0.4, -0.2) is 14.3 Å². The minimum absolute atomic E-state index is 0.256. The van der Waals surface area contributed by atoms with Crippen LogP contribution in [0.5, 0.6) is 0 Å². The van der Waals surface area contributed by atoms with Crippen LogP contribution >= 0.6 is 0 Å². The van der Waals surface area contributed by atoms with Crippen molar-refractivity contribution in [2.75, 3.05) is 0 Å². The number of amides is 1. The second-order valence-corrected chi connectivity index (χ2v) is 2.95. The lowest BCUT2D eigenvalue weighted by molar-refractivity contribution is 0.0953. The van der Waals surface area contributed by atoms with E-state index in [1.54, 1.807) is 0 Å². The maximum Gasteiger partial charge on any atom is 0.316 e. The van der Waals surface area contributed by atoms with E-state index in [1.165, 1.54) is 24.3 Å². The molecule has 1 amide bonds. The average molecular weight is 213 g/mol. The van der Waals surface area contributed by atoms with Gasteiger partial charge in [0.25, 0.3) is 5.91 Å². The topological polar surface area (TPSA) is 102 Å². The van der Waals surface area contributed by atoms with E-state index in [-0.39, 0.29) is 5.69 Å². The van der Waals surface area contributed by atoms with Crippen LogP contribution in [0.25, 0.3) is 0 Å². The highest BCUT2D eigenvalue weighted by Crippen LogP contribution is 2.12. The van der Waals surface area contributed by atoms with Crippen LogP contribution in [0.1, 0.15) is 10.4 Å². The molecule has 0 spiro atoms. The van der Waals surface area contributed by atoms with Gasteiger partial charge in [-0.25, -0.2) is 5.84 Å². The van der Waals surface area contributed by atoms with E-state index in [1.807, 2.05) is 5.43 Å². The molecule has 74 valence electrons. The molecule has 0 radical (unpaired) electrons. The van der Waals surface area contributed by atoms with Crippen molar-refractivity contribution in [1.29, 1.82) is 0 Å². The van der Waals surface area contributed by atoms with Crippen molar-refractivity contribution in [2.45, 2.75) is 0 Å². The summed E-state index contributed by atoms with van der Waals surface area (Å²) in [5.41, 5.74) is 2.54. The van der Waals surface area contributed by atoms with Crippen LogP contribution in [0, 0.1) is 0 Å². The molecule has 0 aliphatic heterocycles. The number of carbonyl (C=O) groups is 1. The molecular weight excluding hydrogens is 206 g/mol. The van der Waals surface area contributed by atoms with Crippen molar-refractivity contribution in [1.82, 2.24) is 5.43 Å². The van der Waals surface area contributed by atoms with Gasteiger partial charge in [-0.15, -0.1) is 4.36 Å². The van der Waals surface area contributed by atoms with Crippen molar-refractivity contribution in [3.8, 4) is 0 Å². The zero-order valence-electron chi connectivity index (χ0n) is 6.97. The first-order valence-electron chi connectivity index (χ1n) is 3.55. The summed E-state index contributed by atoms with van der Waals surface area (Å²) in [6.07, 6.45) is 0. The zero-order chi connectivity index (χ0) is 10.6. The lowest BCUT2D eigenvalue weighted by atomic mass is 10.2. The smallest absolute Gasteiger partial charge is 0.290 e. The van der Waals surface area contributed by atoms with E-state index in [2.05, 4.69) is 4.36 Å². The maximum absolute atomic E-state index is 11.0. The van der Waals surface area contributed by atoms with Gasteiger partial charge in [0.2, 0.25) is 0 Å². The molecule has 1 aromatic rings. The third-order valence-electron chi connectivity index (χ3n) is 1.44. The number of hydrogen-bond acceptors (Lipinski definition) is 5. The summed E-state index contributed by atoms with van der Waals surface area (Å²) in [5.74, 6) is 4.46. The molecule has 1 aromatic carbocycles. The lowest BCUT2D eigenvalue weighted by Crippen LogP contribution is -2.29. The maximum atomic E-state index is 11.0. The molecule has 7 heteroatoms. The average Bonchev–Trinajstić information content (AvgIpc) is 2.17. The molecule has 3 N–H and O–H groups in total. The van der Waals surface area contributed by atoms with E-state index in [9.17, 15) is 13.2 Å². The number of carbonyl (C=O) groups excluding carboxylic acids is 1. The Bertz CT molecular complexity index is 455. The number of nitrogens with one attached hydrogen (secondary N) is 1. The Morgan fingerprint density at radius 1 is 1.29 bits per heavy atom. The SMILES string of the molecule is NNC(=O)c1ccc(N=S(=O)=O)cc1. The number of hydrogen-bond donors (Lipinski definition) is 2. The molecule has 0 aliphatic rings. The molecule has 1 rings (SSSR count). The predicted molar refractivity (Wildman–Crippen MR) is 49.1 cm³/mol. The van der Waals surface area contributed by atoms with E-state index in [0.717, 1.165) is 0 Å². The monoisotopic (exact) mass is 213 g/mol. The van der Waals surface area contributed by atoms with Crippen LogP contribution in [0.4, 0.5) is 5.69 Å². The third kappa shape index (κ3) is 2.64. The van der Waals surface area contributed by atoms with Crippen molar-refractivity contribution in [2.24, 2.45) is 10.2 Å². The predicted octanol–water partition coefficient (Wildman–Crippen LogP) is -0.0157. The fourth-order valence-corrected chi connectivity index (χ4v) is 1.14. The van der Waals surface area contributed by atoms with Gasteiger partial charge in [-0.1, -0.05) is 0 Å². The normalized spacial score (nSPS) is 9.21. The van der Waals surface area contributed by atoms with Crippen LogP contribution in [0.3, 0.4) is 0 Å². The molecular formula is C7H7N3O3S. The molecule has 0 atom stereocenters. The molecule has 0 heterocycles. The summed E-state index contributed by atoms with van der Waals surface area (Å²) in [5, 5.41) is 0. The van der Waals surface area contributed by atoms with Crippen molar-refractivity contribution in [3.05, 3.63) is 29.8 Å². The van der Waals surface area contributed by atoms with E-state index >= 15 is 0 Å². The van der Waals surface area contributed by atoms with Crippen molar-refractivity contribution in [3.63, 3.8) is 0 Å². The van der Waals surface area contributed by atoms with E-state index < -0.39 is 16.4 Å². The van der Waals surface area contributed by atoms with Gasteiger partial charge in [-0.2, -0.15) is 8.42 Å². The minimum atomic E-state index is -2.49. The Balaban J connectivity index is 3.00. The van der Waals surface area contributed by atoms with Crippen LogP contribution in [0.15, 0.2) is 28.6 Å². The Morgan fingerprint density at radius 2 is 1.86 bits per heavy atom. The lowest BCUT2D eigenvalue weighted by Gasteiger charge is -1.97. The number of hydrazine groups is 1. The van der Waals surface area contributed by atoms with Gasteiger partial charge in [-0.3, -0.25) is 10.2 Å².